The van der Waals surface area contributed by atoms with Crippen LogP contribution < -0.4 is 14.8 Å². The van der Waals surface area contributed by atoms with E-state index in [1.54, 1.807) is 0 Å². The highest BCUT2D eigenvalue weighted by atomic mass is 16.5. The zero-order chi connectivity index (χ0) is 22.1. The Labute approximate surface area is 182 Å². The number of carbonyl (C=O) groups is 1. The number of amides is 1. The molecule has 164 valence electrons. The van der Waals surface area contributed by atoms with E-state index in [9.17, 15) is 4.79 Å². The number of ether oxygens (including phenoxy) is 2. The van der Waals surface area contributed by atoms with E-state index >= 15 is 0 Å². The number of aromatic nitrogens is 4. The lowest BCUT2D eigenvalue weighted by atomic mass is 10.1. The summed E-state index contributed by atoms with van der Waals surface area (Å²) in [4.78, 5) is 13.8. The molecule has 0 fully saturated rings. The fraction of sp³-hybridized carbons (Fsp3) is 0.391. The van der Waals surface area contributed by atoms with Gasteiger partial charge in [0, 0.05) is 5.56 Å². The highest BCUT2D eigenvalue weighted by Gasteiger charge is 2.15. The molecule has 0 saturated heterocycles. The first-order valence-electron chi connectivity index (χ1n) is 10.6. The lowest BCUT2D eigenvalue weighted by molar-refractivity contribution is -0.122. The van der Waals surface area contributed by atoms with Gasteiger partial charge in [-0.1, -0.05) is 50.2 Å². The van der Waals surface area contributed by atoms with E-state index in [0.29, 0.717) is 24.8 Å². The predicted molar refractivity (Wildman–Crippen MR) is 118 cm³/mol. The number of rotatable bonds is 11. The number of hydrogen-bond acceptors (Lipinski definition) is 6. The molecular weight excluding hydrogens is 394 g/mol. The van der Waals surface area contributed by atoms with Crippen molar-refractivity contribution in [2.45, 2.75) is 46.2 Å². The van der Waals surface area contributed by atoms with Crippen LogP contribution in [-0.4, -0.2) is 39.3 Å². The fourth-order valence-corrected chi connectivity index (χ4v) is 2.96. The highest BCUT2D eigenvalue weighted by Crippen LogP contribution is 2.31. The van der Waals surface area contributed by atoms with Crippen molar-refractivity contribution in [1.29, 1.82) is 0 Å². The first-order valence-corrected chi connectivity index (χ1v) is 10.6. The van der Waals surface area contributed by atoms with Crippen molar-refractivity contribution in [3.8, 4) is 22.9 Å². The maximum Gasteiger partial charge on any atom is 0.244 e. The third-order valence-electron chi connectivity index (χ3n) is 4.54. The van der Waals surface area contributed by atoms with Gasteiger partial charge in [0.15, 0.2) is 11.5 Å². The third kappa shape index (κ3) is 6.28. The van der Waals surface area contributed by atoms with Crippen LogP contribution in [0.4, 0.5) is 0 Å². The van der Waals surface area contributed by atoms with E-state index < -0.39 is 0 Å². The van der Waals surface area contributed by atoms with E-state index in [2.05, 4.69) is 34.6 Å². The van der Waals surface area contributed by atoms with E-state index in [4.69, 9.17) is 9.47 Å². The number of nitrogens with zero attached hydrogens (tertiary/aromatic N) is 4. The van der Waals surface area contributed by atoms with E-state index in [0.717, 1.165) is 29.7 Å². The quantitative estimate of drug-likeness (QED) is 0.504. The van der Waals surface area contributed by atoms with Crippen molar-refractivity contribution < 1.29 is 14.3 Å². The summed E-state index contributed by atoms with van der Waals surface area (Å²) in [6, 6.07) is 15.1. The van der Waals surface area contributed by atoms with Crippen molar-refractivity contribution in [3.05, 3.63) is 54.1 Å². The summed E-state index contributed by atoms with van der Waals surface area (Å²) in [5.74, 6) is 1.70. The smallest absolute Gasteiger partial charge is 0.244 e. The molecule has 2 aromatic carbocycles. The minimum atomic E-state index is -0.214. The van der Waals surface area contributed by atoms with Gasteiger partial charge in [0.25, 0.3) is 0 Å². The van der Waals surface area contributed by atoms with Crippen LogP contribution in [0.15, 0.2) is 48.5 Å². The van der Waals surface area contributed by atoms with Gasteiger partial charge in [-0.05, 0) is 42.7 Å². The van der Waals surface area contributed by atoms with Crippen LogP contribution in [0.1, 0.15) is 45.2 Å². The second-order valence-corrected chi connectivity index (χ2v) is 7.20. The lowest BCUT2D eigenvalue weighted by Crippen LogP contribution is -2.30. The second-order valence-electron chi connectivity index (χ2n) is 7.20. The predicted octanol–water partition coefficient (Wildman–Crippen LogP) is 3.80. The highest BCUT2D eigenvalue weighted by molar-refractivity contribution is 5.76. The molecule has 1 amide bonds. The molecule has 3 aromatic rings. The Morgan fingerprint density at radius 1 is 1.03 bits per heavy atom. The molecule has 1 heterocycles. The van der Waals surface area contributed by atoms with Gasteiger partial charge in [0.2, 0.25) is 11.7 Å². The molecule has 1 N–H and O–H groups in total. The number of nitrogens with one attached hydrogen (secondary N) is 1. The molecule has 31 heavy (non-hydrogen) atoms. The second kappa shape index (κ2) is 11.1. The molecule has 1 unspecified atom stereocenters. The van der Waals surface area contributed by atoms with Gasteiger partial charge in [-0.15, -0.1) is 10.2 Å². The Hall–Kier alpha value is -3.42. The summed E-state index contributed by atoms with van der Waals surface area (Å²) in [5, 5.41) is 15.3. The van der Waals surface area contributed by atoms with Gasteiger partial charge in [-0.3, -0.25) is 4.79 Å². The summed E-state index contributed by atoms with van der Waals surface area (Å²) in [5.41, 5.74) is 1.78. The standard InChI is InChI=1S/C23H29N5O3/c1-4-13-30-20-12-11-19(15-21(20)31-14-5-2)17(3)24-22(29)16-28-26-23(25-27-28)18-9-7-6-8-10-18/h6-12,15,17H,4-5,13-14,16H2,1-3H3,(H,24,29). The van der Waals surface area contributed by atoms with Crippen molar-refractivity contribution in [2.75, 3.05) is 13.2 Å². The van der Waals surface area contributed by atoms with Crippen molar-refractivity contribution in [2.24, 2.45) is 0 Å². The lowest BCUT2D eigenvalue weighted by Gasteiger charge is -2.18. The SMILES string of the molecule is CCCOc1ccc(C(C)NC(=O)Cn2nnc(-c3ccccc3)n2)cc1OCCC. The molecule has 0 aliphatic rings. The average molecular weight is 424 g/mol. The largest absolute Gasteiger partial charge is 0.490 e. The molecule has 1 atom stereocenters. The van der Waals surface area contributed by atoms with Gasteiger partial charge in [-0.25, -0.2) is 0 Å². The summed E-state index contributed by atoms with van der Waals surface area (Å²) in [7, 11) is 0. The summed E-state index contributed by atoms with van der Waals surface area (Å²) in [6.45, 7) is 7.26. The van der Waals surface area contributed by atoms with Gasteiger partial charge in [-0.2, -0.15) is 4.80 Å². The normalized spacial score (nSPS) is 11.7. The maximum atomic E-state index is 12.5. The zero-order valence-corrected chi connectivity index (χ0v) is 18.2. The monoisotopic (exact) mass is 423 g/mol. The molecular formula is C23H29N5O3. The van der Waals surface area contributed by atoms with Crippen LogP contribution in [0.25, 0.3) is 11.4 Å². The van der Waals surface area contributed by atoms with Gasteiger partial charge >= 0.3 is 0 Å². The van der Waals surface area contributed by atoms with E-state index in [1.807, 2.05) is 55.5 Å². The first-order chi connectivity index (χ1) is 15.1. The van der Waals surface area contributed by atoms with Crippen molar-refractivity contribution >= 4 is 5.91 Å². The molecule has 8 nitrogen and oxygen atoms in total. The summed E-state index contributed by atoms with van der Waals surface area (Å²) < 4.78 is 11.6. The van der Waals surface area contributed by atoms with Crippen LogP contribution in [0.5, 0.6) is 11.5 Å². The molecule has 0 aliphatic heterocycles. The van der Waals surface area contributed by atoms with Crippen LogP contribution in [0, 0.1) is 0 Å². The number of benzene rings is 2. The minimum Gasteiger partial charge on any atom is -0.490 e. The van der Waals surface area contributed by atoms with Gasteiger partial charge in [0.1, 0.15) is 6.54 Å². The van der Waals surface area contributed by atoms with Crippen molar-refractivity contribution in [3.63, 3.8) is 0 Å². The van der Waals surface area contributed by atoms with Crippen LogP contribution >= 0.6 is 0 Å². The topological polar surface area (TPSA) is 91.2 Å². The molecule has 3 rings (SSSR count). The Kier molecular flexibility index (Phi) is 7.98. The molecule has 0 spiro atoms. The average Bonchev–Trinajstić information content (AvgIpc) is 3.25. The molecule has 1 aromatic heterocycles. The Morgan fingerprint density at radius 2 is 1.74 bits per heavy atom. The van der Waals surface area contributed by atoms with Crippen LogP contribution in [0.2, 0.25) is 0 Å². The summed E-state index contributed by atoms with van der Waals surface area (Å²) >= 11 is 0. The minimum absolute atomic E-state index is 0.0128. The Bertz CT molecular complexity index is 974. The Balaban J connectivity index is 1.63. The van der Waals surface area contributed by atoms with E-state index in [1.165, 1.54) is 4.80 Å². The van der Waals surface area contributed by atoms with E-state index in [-0.39, 0.29) is 18.5 Å². The van der Waals surface area contributed by atoms with Gasteiger partial charge < -0.3 is 14.8 Å². The van der Waals surface area contributed by atoms with Crippen molar-refractivity contribution in [1.82, 2.24) is 25.5 Å². The number of hydrogen-bond donors (Lipinski definition) is 1. The Morgan fingerprint density at radius 3 is 2.45 bits per heavy atom. The molecule has 8 heteroatoms. The number of carbonyl (C=O) groups excluding carboxylic acids is 1. The summed E-state index contributed by atoms with van der Waals surface area (Å²) in [6.07, 6.45) is 1.82. The molecule has 0 saturated carbocycles. The first kappa shape index (κ1) is 22.3. The number of tetrazole rings is 1. The zero-order valence-electron chi connectivity index (χ0n) is 18.2. The van der Waals surface area contributed by atoms with Crippen LogP contribution in [0.3, 0.4) is 0 Å². The molecule has 0 aliphatic carbocycles. The van der Waals surface area contributed by atoms with Gasteiger partial charge in [0.05, 0.1) is 19.3 Å². The molecule has 0 bridgehead atoms. The fourth-order valence-electron chi connectivity index (χ4n) is 2.96. The maximum absolute atomic E-state index is 12.5. The van der Waals surface area contributed by atoms with Crippen LogP contribution in [-0.2, 0) is 11.3 Å². The third-order valence-corrected chi connectivity index (χ3v) is 4.54. The molecule has 0 radical (unpaired) electrons.